The van der Waals surface area contributed by atoms with Crippen LogP contribution in [0.1, 0.15) is 18.8 Å². The average molecular weight is 267 g/mol. The third kappa shape index (κ3) is 3.13. The largest absolute Gasteiger partial charge is 0.394 e. The highest BCUT2D eigenvalue weighted by Gasteiger charge is 2.41. The van der Waals surface area contributed by atoms with E-state index >= 15 is 0 Å². The molecule has 5 unspecified atom stereocenters. The Balaban J connectivity index is 2.20. The Morgan fingerprint density at radius 3 is 2.53 bits per heavy atom. The van der Waals surface area contributed by atoms with E-state index in [-0.39, 0.29) is 24.9 Å². The van der Waals surface area contributed by atoms with Crippen molar-refractivity contribution in [1.29, 1.82) is 0 Å². The molecule has 0 saturated carbocycles. The van der Waals surface area contributed by atoms with Crippen LogP contribution in [0, 0.1) is 0 Å². The van der Waals surface area contributed by atoms with Crippen LogP contribution in [0.25, 0.3) is 0 Å². The second-order valence-corrected chi connectivity index (χ2v) is 4.76. The summed E-state index contributed by atoms with van der Waals surface area (Å²) in [5.74, 6) is 0. The number of nitrogens with two attached hydrogens (primary N) is 1. The van der Waals surface area contributed by atoms with E-state index in [1.165, 1.54) is 0 Å². The van der Waals surface area contributed by atoms with Crippen LogP contribution in [-0.4, -0.2) is 43.2 Å². The Bertz CT molecular complexity index is 384. The summed E-state index contributed by atoms with van der Waals surface area (Å²) in [5.41, 5.74) is 6.85. The first-order valence-corrected chi connectivity index (χ1v) is 6.42. The first kappa shape index (κ1) is 14.4. The van der Waals surface area contributed by atoms with E-state index in [0.717, 1.165) is 5.56 Å². The maximum atomic E-state index is 9.46. The molecule has 1 saturated heterocycles. The van der Waals surface area contributed by atoms with Gasteiger partial charge in [0.05, 0.1) is 6.61 Å². The van der Waals surface area contributed by atoms with Gasteiger partial charge in [-0.1, -0.05) is 30.3 Å². The Hall–Kier alpha value is -0.980. The SMILES string of the molecule is COC1C(CO)OC(c2ccccc2)OC1C(C)N. The standard InChI is InChI=1S/C14H21NO4/c1-9(15)12-13(17-2)11(8-16)18-14(19-12)10-6-4-3-5-7-10/h3-7,9,11-14,16H,8,15H2,1-2H3. The summed E-state index contributed by atoms with van der Waals surface area (Å²) < 4.78 is 17.0. The first-order valence-electron chi connectivity index (χ1n) is 6.42. The Labute approximate surface area is 113 Å². The molecule has 1 fully saturated rings. The molecule has 1 aromatic rings. The smallest absolute Gasteiger partial charge is 0.184 e. The second kappa shape index (κ2) is 6.45. The molecule has 0 amide bonds. The number of hydrogen-bond acceptors (Lipinski definition) is 5. The van der Waals surface area contributed by atoms with Crippen LogP contribution >= 0.6 is 0 Å². The summed E-state index contributed by atoms with van der Waals surface area (Å²) in [6, 6.07) is 9.39. The predicted molar refractivity (Wildman–Crippen MR) is 70.5 cm³/mol. The number of aliphatic hydroxyl groups is 1. The highest BCUT2D eigenvalue weighted by atomic mass is 16.7. The Morgan fingerprint density at radius 2 is 2.00 bits per heavy atom. The van der Waals surface area contributed by atoms with Crippen LogP contribution in [0.5, 0.6) is 0 Å². The van der Waals surface area contributed by atoms with Gasteiger partial charge in [0.15, 0.2) is 6.29 Å². The van der Waals surface area contributed by atoms with Crippen LogP contribution in [0.4, 0.5) is 0 Å². The summed E-state index contributed by atoms with van der Waals surface area (Å²) in [6.07, 6.45) is -1.66. The van der Waals surface area contributed by atoms with Gasteiger partial charge in [0, 0.05) is 18.7 Å². The maximum absolute atomic E-state index is 9.46. The van der Waals surface area contributed by atoms with Crippen LogP contribution in [0.2, 0.25) is 0 Å². The van der Waals surface area contributed by atoms with Crippen molar-refractivity contribution in [3.63, 3.8) is 0 Å². The molecule has 1 aliphatic rings. The van der Waals surface area contributed by atoms with E-state index in [4.69, 9.17) is 19.9 Å². The summed E-state index contributed by atoms with van der Waals surface area (Å²) >= 11 is 0. The second-order valence-electron chi connectivity index (χ2n) is 4.76. The fourth-order valence-corrected chi connectivity index (χ4v) is 2.32. The molecular weight excluding hydrogens is 246 g/mol. The number of ether oxygens (including phenoxy) is 3. The van der Waals surface area contributed by atoms with Crippen molar-refractivity contribution in [2.75, 3.05) is 13.7 Å². The van der Waals surface area contributed by atoms with E-state index in [0.29, 0.717) is 0 Å². The number of methoxy groups -OCH3 is 1. The zero-order valence-corrected chi connectivity index (χ0v) is 11.2. The molecule has 0 bridgehead atoms. The molecule has 0 spiro atoms. The van der Waals surface area contributed by atoms with Crippen molar-refractivity contribution in [2.45, 2.75) is 37.6 Å². The number of hydrogen-bond donors (Lipinski definition) is 2. The van der Waals surface area contributed by atoms with Gasteiger partial charge < -0.3 is 25.1 Å². The zero-order valence-electron chi connectivity index (χ0n) is 11.2. The molecular formula is C14H21NO4. The van der Waals surface area contributed by atoms with Crippen molar-refractivity contribution >= 4 is 0 Å². The molecule has 1 aromatic carbocycles. The summed E-state index contributed by atoms with van der Waals surface area (Å²) in [7, 11) is 1.57. The van der Waals surface area contributed by atoms with Gasteiger partial charge >= 0.3 is 0 Å². The van der Waals surface area contributed by atoms with E-state index in [2.05, 4.69) is 0 Å². The predicted octanol–water partition coefficient (Wildman–Crippen LogP) is 0.824. The molecule has 0 aromatic heterocycles. The number of benzene rings is 1. The van der Waals surface area contributed by atoms with Gasteiger partial charge in [-0.25, -0.2) is 0 Å². The monoisotopic (exact) mass is 267 g/mol. The third-order valence-electron chi connectivity index (χ3n) is 3.31. The minimum atomic E-state index is -0.527. The molecule has 5 atom stereocenters. The lowest BCUT2D eigenvalue weighted by atomic mass is 10.0. The Morgan fingerprint density at radius 1 is 1.32 bits per heavy atom. The van der Waals surface area contributed by atoms with Gasteiger partial charge in [-0.2, -0.15) is 0 Å². The van der Waals surface area contributed by atoms with Gasteiger partial charge in [-0.3, -0.25) is 0 Å². The minimum absolute atomic E-state index is 0.131. The van der Waals surface area contributed by atoms with Crippen LogP contribution in [-0.2, 0) is 14.2 Å². The van der Waals surface area contributed by atoms with Gasteiger partial charge in [-0.05, 0) is 6.92 Å². The third-order valence-corrected chi connectivity index (χ3v) is 3.31. The molecule has 106 valence electrons. The lowest BCUT2D eigenvalue weighted by Crippen LogP contribution is -2.55. The fourth-order valence-electron chi connectivity index (χ4n) is 2.32. The highest BCUT2D eigenvalue weighted by Crippen LogP contribution is 2.32. The van der Waals surface area contributed by atoms with E-state index in [1.54, 1.807) is 7.11 Å². The van der Waals surface area contributed by atoms with Crippen molar-refractivity contribution in [3.8, 4) is 0 Å². The maximum Gasteiger partial charge on any atom is 0.184 e. The lowest BCUT2D eigenvalue weighted by Gasteiger charge is -2.42. The van der Waals surface area contributed by atoms with Crippen LogP contribution in [0.15, 0.2) is 30.3 Å². The highest BCUT2D eigenvalue weighted by molar-refractivity contribution is 5.16. The Kier molecular flexibility index (Phi) is 4.90. The molecule has 1 aliphatic heterocycles. The van der Waals surface area contributed by atoms with Gasteiger partial charge in [0.1, 0.15) is 18.3 Å². The molecule has 5 heteroatoms. The molecule has 0 radical (unpaired) electrons. The quantitative estimate of drug-likeness (QED) is 0.845. The van der Waals surface area contributed by atoms with E-state index in [9.17, 15) is 5.11 Å². The fraction of sp³-hybridized carbons (Fsp3) is 0.571. The lowest BCUT2D eigenvalue weighted by molar-refractivity contribution is -0.301. The summed E-state index contributed by atoms with van der Waals surface area (Å²) in [6.45, 7) is 1.73. The summed E-state index contributed by atoms with van der Waals surface area (Å²) in [5, 5.41) is 9.46. The summed E-state index contributed by atoms with van der Waals surface area (Å²) in [4.78, 5) is 0. The molecule has 3 N–H and O–H groups in total. The van der Waals surface area contributed by atoms with Crippen molar-refractivity contribution in [3.05, 3.63) is 35.9 Å². The van der Waals surface area contributed by atoms with Crippen LogP contribution in [0.3, 0.4) is 0 Å². The average Bonchev–Trinajstić information content (AvgIpc) is 2.46. The number of rotatable bonds is 4. The first-order chi connectivity index (χ1) is 9.17. The van der Waals surface area contributed by atoms with Crippen molar-refractivity contribution in [1.82, 2.24) is 0 Å². The number of aliphatic hydroxyl groups excluding tert-OH is 1. The minimum Gasteiger partial charge on any atom is -0.394 e. The van der Waals surface area contributed by atoms with Crippen molar-refractivity contribution in [2.24, 2.45) is 5.73 Å². The van der Waals surface area contributed by atoms with Gasteiger partial charge in [-0.15, -0.1) is 0 Å². The molecule has 2 rings (SSSR count). The van der Waals surface area contributed by atoms with Gasteiger partial charge in [0.2, 0.25) is 0 Å². The normalized spacial score (nSPS) is 33.1. The van der Waals surface area contributed by atoms with E-state index in [1.807, 2.05) is 37.3 Å². The molecule has 5 nitrogen and oxygen atoms in total. The topological polar surface area (TPSA) is 73.9 Å². The van der Waals surface area contributed by atoms with E-state index < -0.39 is 12.4 Å². The molecule has 19 heavy (non-hydrogen) atoms. The van der Waals surface area contributed by atoms with Crippen molar-refractivity contribution < 1.29 is 19.3 Å². The zero-order chi connectivity index (χ0) is 13.8. The van der Waals surface area contributed by atoms with Crippen LogP contribution < -0.4 is 5.73 Å². The molecule has 0 aliphatic carbocycles. The molecule has 1 heterocycles. The van der Waals surface area contributed by atoms with Gasteiger partial charge in [0.25, 0.3) is 0 Å².